The molecular formula is C15H17F3N2O4S. The lowest BCUT2D eigenvalue weighted by Gasteiger charge is -2.33. The third-order valence-corrected chi connectivity index (χ3v) is 4.19. The van der Waals surface area contributed by atoms with Crippen LogP contribution in [0, 0.1) is 6.92 Å². The molecule has 2 aromatic rings. The van der Waals surface area contributed by atoms with E-state index < -0.39 is 12.1 Å². The summed E-state index contributed by atoms with van der Waals surface area (Å²) in [5.74, 6) is -1.76. The third-order valence-electron chi connectivity index (χ3n) is 3.40. The fourth-order valence-corrected chi connectivity index (χ4v) is 2.89. The van der Waals surface area contributed by atoms with E-state index in [1.807, 2.05) is 19.1 Å². The van der Waals surface area contributed by atoms with Crippen molar-refractivity contribution in [3.63, 3.8) is 0 Å². The van der Waals surface area contributed by atoms with Gasteiger partial charge in [0.15, 0.2) is 0 Å². The van der Waals surface area contributed by atoms with E-state index >= 15 is 0 Å². The van der Waals surface area contributed by atoms with Crippen LogP contribution in [-0.2, 0) is 16.1 Å². The summed E-state index contributed by atoms with van der Waals surface area (Å²) < 4.78 is 42.7. The van der Waals surface area contributed by atoms with E-state index in [4.69, 9.17) is 19.1 Å². The maximum atomic E-state index is 10.6. The van der Waals surface area contributed by atoms with Gasteiger partial charge in [0.1, 0.15) is 5.76 Å². The maximum absolute atomic E-state index is 10.6. The molecule has 1 atom stereocenters. The highest BCUT2D eigenvalue weighted by Crippen LogP contribution is 2.27. The van der Waals surface area contributed by atoms with Crippen LogP contribution in [0.3, 0.4) is 0 Å². The molecule has 25 heavy (non-hydrogen) atoms. The zero-order valence-electron chi connectivity index (χ0n) is 13.3. The largest absolute Gasteiger partial charge is 0.490 e. The van der Waals surface area contributed by atoms with Crippen LogP contribution in [0.1, 0.15) is 22.5 Å². The fourth-order valence-electron chi connectivity index (χ4n) is 2.24. The summed E-state index contributed by atoms with van der Waals surface area (Å²) in [7, 11) is 0. The summed E-state index contributed by atoms with van der Waals surface area (Å²) in [5.41, 5.74) is 1.11. The molecule has 1 unspecified atom stereocenters. The van der Waals surface area contributed by atoms with Gasteiger partial charge in [-0.25, -0.2) is 9.78 Å². The van der Waals surface area contributed by atoms with Crippen LogP contribution < -0.4 is 0 Å². The second-order valence-electron chi connectivity index (χ2n) is 5.23. The molecule has 3 heterocycles. The van der Waals surface area contributed by atoms with Crippen molar-refractivity contribution < 1.29 is 32.2 Å². The number of carboxylic acids is 1. The van der Waals surface area contributed by atoms with Gasteiger partial charge in [-0.1, -0.05) is 0 Å². The van der Waals surface area contributed by atoms with Crippen molar-refractivity contribution in [2.75, 3.05) is 19.8 Å². The number of morpholine rings is 1. The number of halogens is 3. The van der Waals surface area contributed by atoms with Crippen LogP contribution in [0.15, 0.2) is 28.2 Å². The first kappa shape index (κ1) is 19.4. The van der Waals surface area contributed by atoms with Gasteiger partial charge in [-0.2, -0.15) is 13.2 Å². The van der Waals surface area contributed by atoms with Crippen molar-refractivity contribution in [1.29, 1.82) is 0 Å². The van der Waals surface area contributed by atoms with E-state index in [0.717, 1.165) is 36.2 Å². The van der Waals surface area contributed by atoms with Gasteiger partial charge in [0.05, 0.1) is 42.8 Å². The molecule has 0 radical (unpaired) electrons. The molecule has 2 aromatic heterocycles. The number of furan rings is 1. The molecule has 0 amide bonds. The number of rotatable bonds is 3. The Morgan fingerprint density at radius 3 is 2.76 bits per heavy atom. The van der Waals surface area contributed by atoms with Crippen LogP contribution in [0.2, 0.25) is 0 Å². The molecule has 3 rings (SSSR count). The molecule has 10 heteroatoms. The minimum absolute atomic E-state index is 0.244. The average Bonchev–Trinajstić information content (AvgIpc) is 3.19. The zero-order valence-corrected chi connectivity index (χ0v) is 14.1. The summed E-state index contributed by atoms with van der Waals surface area (Å²) in [6.45, 7) is 5.26. The van der Waals surface area contributed by atoms with E-state index in [-0.39, 0.29) is 6.04 Å². The Kier molecular flexibility index (Phi) is 6.57. The highest BCUT2D eigenvalue weighted by molar-refractivity contribution is 7.09. The predicted molar refractivity (Wildman–Crippen MR) is 83.2 cm³/mol. The quantitative estimate of drug-likeness (QED) is 0.884. The molecule has 0 bridgehead atoms. The minimum atomic E-state index is -5.08. The van der Waals surface area contributed by atoms with Gasteiger partial charge < -0.3 is 14.3 Å². The second kappa shape index (κ2) is 8.45. The van der Waals surface area contributed by atoms with Crippen molar-refractivity contribution in [1.82, 2.24) is 9.88 Å². The number of aromatic nitrogens is 1. The number of hydrogen-bond acceptors (Lipinski definition) is 6. The van der Waals surface area contributed by atoms with Crippen LogP contribution in [0.5, 0.6) is 0 Å². The Labute approximate surface area is 145 Å². The number of carboxylic acid groups (broad SMARTS) is 1. The molecule has 1 aliphatic rings. The van der Waals surface area contributed by atoms with E-state index in [1.54, 1.807) is 17.6 Å². The number of alkyl halides is 3. The first-order valence-corrected chi connectivity index (χ1v) is 8.21. The Morgan fingerprint density at radius 2 is 2.24 bits per heavy atom. The number of hydrogen-bond donors (Lipinski definition) is 1. The van der Waals surface area contributed by atoms with Crippen LogP contribution in [0.25, 0.3) is 0 Å². The number of aryl methyl sites for hydroxylation is 1. The van der Waals surface area contributed by atoms with Gasteiger partial charge in [0.2, 0.25) is 0 Å². The minimum Gasteiger partial charge on any atom is -0.475 e. The van der Waals surface area contributed by atoms with Crippen LogP contribution in [-0.4, -0.2) is 46.9 Å². The summed E-state index contributed by atoms with van der Waals surface area (Å²) in [6, 6.07) is 4.19. The normalized spacial score (nSPS) is 18.5. The number of carbonyl (C=O) groups is 1. The maximum Gasteiger partial charge on any atom is 0.490 e. The molecule has 1 N–H and O–H groups in total. The highest BCUT2D eigenvalue weighted by Gasteiger charge is 2.38. The van der Waals surface area contributed by atoms with Gasteiger partial charge in [-0.3, -0.25) is 4.90 Å². The molecule has 1 saturated heterocycles. The first-order chi connectivity index (χ1) is 11.8. The molecular weight excluding hydrogens is 361 g/mol. The topological polar surface area (TPSA) is 75.8 Å². The Morgan fingerprint density at radius 1 is 1.52 bits per heavy atom. The Hall–Kier alpha value is -1.91. The van der Waals surface area contributed by atoms with E-state index in [0.29, 0.717) is 6.61 Å². The molecule has 1 aliphatic heterocycles. The van der Waals surface area contributed by atoms with Crippen molar-refractivity contribution in [3.8, 4) is 0 Å². The molecule has 6 nitrogen and oxygen atoms in total. The SMILES string of the molecule is Cc1nc(C2COCCN2Cc2ccco2)cs1.O=C(O)C(F)(F)F. The van der Waals surface area contributed by atoms with Gasteiger partial charge in [0, 0.05) is 11.9 Å². The highest BCUT2D eigenvalue weighted by atomic mass is 32.1. The molecule has 0 aromatic carbocycles. The van der Waals surface area contributed by atoms with Gasteiger partial charge in [-0.15, -0.1) is 11.3 Å². The zero-order chi connectivity index (χ0) is 18.4. The van der Waals surface area contributed by atoms with Gasteiger partial charge in [0.25, 0.3) is 0 Å². The molecule has 0 spiro atoms. The van der Waals surface area contributed by atoms with Crippen molar-refractivity contribution in [3.05, 3.63) is 40.2 Å². The second-order valence-corrected chi connectivity index (χ2v) is 6.30. The van der Waals surface area contributed by atoms with E-state index in [2.05, 4.69) is 15.3 Å². The monoisotopic (exact) mass is 378 g/mol. The summed E-state index contributed by atoms with van der Waals surface area (Å²) in [5, 5.41) is 10.4. The predicted octanol–water partition coefficient (Wildman–Crippen LogP) is 3.25. The summed E-state index contributed by atoms with van der Waals surface area (Å²) in [6.07, 6.45) is -3.36. The lowest BCUT2D eigenvalue weighted by atomic mass is 10.1. The summed E-state index contributed by atoms with van der Waals surface area (Å²) in [4.78, 5) is 15.8. The van der Waals surface area contributed by atoms with Crippen LogP contribution >= 0.6 is 11.3 Å². The van der Waals surface area contributed by atoms with Crippen molar-refractivity contribution in [2.45, 2.75) is 25.7 Å². The smallest absolute Gasteiger partial charge is 0.475 e. The van der Waals surface area contributed by atoms with E-state index in [1.165, 1.54) is 0 Å². The van der Waals surface area contributed by atoms with Gasteiger partial charge >= 0.3 is 12.1 Å². The standard InChI is InChI=1S/C13H16N2O2S.C2HF3O2/c1-10-14-12(9-18-10)13-8-16-6-4-15(13)7-11-3-2-5-17-11;3-2(4,5)1(6)7/h2-3,5,9,13H,4,6-8H2,1H3;(H,6,7). The lowest BCUT2D eigenvalue weighted by molar-refractivity contribution is -0.192. The number of ether oxygens (including phenoxy) is 1. The Bertz CT molecular complexity index is 673. The lowest BCUT2D eigenvalue weighted by Crippen LogP contribution is -2.39. The van der Waals surface area contributed by atoms with E-state index in [9.17, 15) is 13.2 Å². The number of thiazole rings is 1. The molecule has 0 aliphatic carbocycles. The number of nitrogens with zero attached hydrogens (tertiary/aromatic N) is 2. The van der Waals surface area contributed by atoms with Crippen molar-refractivity contribution in [2.24, 2.45) is 0 Å². The van der Waals surface area contributed by atoms with Gasteiger partial charge in [-0.05, 0) is 19.1 Å². The molecule has 138 valence electrons. The summed E-state index contributed by atoms with van der Waals surface area (Å²) >= 11 is 1.69. The van der Waals surface area contributed by atoms with Crippen LogP contribution in [0.4, 0.5) is 13.2 Å². The number of aliphatic carboxylic acids is 1. The fraction of sp³-hybridized carbons (Fsp3) is 0.467. The first-order valence-electron chi connectivity index (χ1n) is 7.33. The molecule has 1 fully saturated rings. The molecule has 0 saturated carbocycles. The van der Waals surface area contributed by atoms with Crippen molar-refractivity contribution >= 4 is 17.3 Å². The third kappa shape index (κ3) is 5.83. The average molecular weight is 378 g/mol. The Balaban J connectivity index is 0.000000277.